The van der Waals surface area contributed by atoms with Crippen molar-refractivity contribution in [3.05, 3.63) is 54.1 Å². The van der Waals surface area contributed by atoms with Crippen LogP contribution in [0, 0.1) is 0 Å². The maximum Gasteiger partial charge on any atom is 0.410 e. The number of amides is 2. The highest BCUT2D eigenvalue weighted by molar-refractivity contribution is 7.12. The van der Waals surface area contributed by atoms with Crippen molar-refractivity contribution >= 4 is 34.7 Å². The molecule has 3 aromatic rings. The lowest BCUT2D eigenvalue weighted by Crippen LogP contribution is -2.50. The van der Waals surface area contributed by atoms with E-state index in [1.807, 2.05) is 45.0 Å². The maximum atomic E-state index is 12.8. The molecule has 3 heterocycles. The van der Waals surface area contributed by atoms with Crippen molar-refractivity contribution < 1.29 is 14.3 Å². The molecule has 1 N–H and O–H groups in total. The Morgan fingerprint density at radius 2 is 1.88 bits per heavy atom. The van der Waals surface area contributed by atoms with E-state index in [0.717, 1.165) is 5.69 Å². The second-order valence-corrected chi connectivity index (χ2v) is 9.25. The molecule has 1 aliphatic rings. The summed E-state index contributed by atoms with van der Waals surface area (Å²) in [6.45, 7) is 7.98. The first-order chi connectivity index (χ1) is 15.3. The summed E-state index contributed by atoms with van der Waals surface area (Å²) in [4.78, 5) is 37.5. The number of hydrogen-bond acceptors (Lipinski definition) is 7. The summed E-state index contributed by atoms with van der Waals surface area (Å²) in [5.41, 5.74) is 1.46. The molecule has 1 saturated heterocycles. The largest absolute Gasteiger partial charge is 0.444 e. The monoisotopic (exact) mass is 454 g/mol. The molecule has 1 fully saturated rings. The first kappa shape index (κ1) is 21.8. The number of anilines is 2. The summed E-state index contributed by atoms with van der Waals surface area (Å²) < 4.78 is 7.24. The highest BCUT2D eigenvalue weighted by atomic mass is 32.1. The Balaban J connectivity index is 1.41. The summed E-state index contributed by atoms with van der Waals surface area (Å²) >= 11 is 1.38. The lowest BCUT2D eigenvalue weighted by atomic mass is 10.2. The molecule has 0 bridgehead atoms. The minimum absolute atomic E-state index is 0.271. The number of imidazole rings is 1. The predicted octanol–water partition coefficient (Wildman–Crippen LogP) is 3.64. The molecule has 0 saturated carbocycles. The Kier molecular flexibility index (Phi) is 6.13. The van der Waals surface area contributed by atoms with Gasteiger partial charge in [-0.2, -0.15) is 0 Å². The lowest BCUT2D eigenvalue weighted by Gasteiger charge is -2.37. The van der Waals surface area contributed by atoms with Crippen molar-refractivity contribution in [1.82, 2.24) is 19.4 Å². The molecule has 0 atom stereocenters. The van der Waals surface area contributed by atoms with Crippen LogP contribution in [0.4, 0.5) is 16.2 Å². The molecule has 10 heteroatoms. The summed E-state index contributed by atoms with van der Waals surface area (Å²) in [6, 6.07) is 7.66. The van der Waals surface area contributed by atoms with Gasteiger partial charge in [-0.3, -0.25) is 9.36 Å². The van der Waals surface area contributed by atoms with Gasteiger partial charge in [0.05, 0.1) is 11.4 Å². The van der Waals surface area contributed by atoms with Crippen LogP contribution < -0.4 is 10.2 Å². The number of carbonyl (C=O) groups excluding carboxylic acids is 2. The summed E-state index contributed by atoms with van der Waals surface area (Å²) in [7, 11) is 0. The predicted molar refractivity (Wildman–Crippen MR) is 124 cm³/mol. The Morgan fingerprint density at radius 3 is 2.56 bits per heavy atom. The fourth-order valence-corrected chi connectivity index (χ4v) is 4.11. The fraction of sp³-hybridized carbons (Fsp3) is 0.364. The zero-order valence-corrected chi connectivity index (χ0v) is 19.1. The fourth-order valence-electron chi connectivity index (χ4n) is 3.36. The maximum absolute atomic E-state index is 12.8. The highest BCUT2D eigenvalue weighted by Crippen LogP contribution is 2.28. The molecule has 32 heavy (non-hydrogen) atoms. The molecule has 4 rings (SSSR count). The molecular formula is C22H26N6O3S. The quantitative estimate of drug-likeness (QED) is 0.647. The Labute approximate surface area is 190 Å². The zero-order valence-electron chi connectivity index (χ0n) is 18.3. The first-order valence-corrected chi connectivity index (χ1v) is 11.3. The van der Waals surface area contributed by atoms with Crippen LogP contribution in [0.25, 0.3) is 5.13 Å². The zero-order chi connectivity index (χ0) is 22.7. The Morgan fingerprint density at radius 1 is 1.12 bits per heavy atom. The molecular weight excluding hydrogens is 428 g/mol. The number of nitrogens with zero attached hydrogens (tertiary/aromatic N) is 5. The van der Waals surface area contributed by atoms with Crippen LogP contribution in [-0.4, -0.2) is 63.2 Å². The van der Waals surface area contributed by atoms with Crippen molar-refractivity contribution in [1.29, 1.82) is 0 Å². The molecule has 9 nitrogen and oxygen atoms in total. The van der Waals surface area contributed by atoms with E-state index >= 15 is 0 Å². The van der Waals surface area contributed by atoms with Crippen molar-refractivity contribution in [3.63, 3.8) is 0 Å². The molecule has 2 amide bonds. The molecule has 1 aromatic carbocycles. The van der Waals surface area contributed by atoms with Crippen LogP contribution in [0.5, 0.6) is 0 Å². The number of nitrogens with one attached hydrogen (secondary N) is 1. The van der Waals surface area contributed by atoms with E-state index in [4.69, 9.17) is 4.74 Å². The average Bonchev–Trinajstić information content (AvgIpc) is 3.45. The van der Waals surface area contributed by atoms with E-state index in [-0.39, 0.29) is 12.0 Å². The van der Waals surface area contributed by atoms with Crippen LogP contribution >= 0.6 is 11.3 Å². The van der Waals surface area contributed by atoms with Crippen molar-refractivity contribution in [2.24, 2.45) is 0 Å². The third-order valence-corrected chi connectivity index (χ3v) is 5.73. The van der Waals surface area contributed by atoms with Gasteiger partial charge >= 0.3 is 6.09 Å². The van der Waals surface area contributed by atoms with Gasteiger partial charge in [-0.25, -0.2) is 14.8 Å². The molecule has 0 unspecified atom stereocenters. The van der Waals surface area contributed by atoms with Gasteiger partial charge < -0.3 is 19.9 Å². The molecule has 0 spiro atoms. The molecule has 1 aliphatic heterocycles. The van der Waals surface area contributed by atoms with E-state index in [9.17, 15) is 9.59 Å². The third kappa shape index (κ3) is 5.08. The minimum atomic E-state index is -0.515. The number of aromatic nitrogens is 3. The number of carbonyl (C=O) groups is 2. The summed E-state index contributed by atoms with van der Waals surface area (Å²) in [6.07, 6.45) is 4.80. The molecule has 0 radical (unpaired) electrons. The second kappa shape index (κ2) is 8.99. The van der Waals surface area contributed by atoms with Crippen molar-refractivity contribution in [3.8, 4) is 5.13 Å². The lowest BCUT2D eigenvalue weighted by molar-refractivity contribution is 0.0240. The highest BCUT2D eigenvalue weighted by Gasteiger charge is 2.27. The second-order valence-electron chi connectivity index (χ2n) is 8.41. The summed E-state index contributed by atoms with van der Waals surface area (Å²) in [5, 5.41) is 5.39. The van der Waals surface area contributed by atoms with Gasteiger partial charge in [-0.1, -0.05) is 12.1 Å². The van der Waals surface area contributed by atoms with E-state index in [2.05, 4.69) is 20.2 Å². The number of piperazine rings is 1. The third-order valence-electron chi connectivity index (χ3n) is 4.87. The van der Waals surface area contributed by atoms with E-state index in [1.165, 1.54) is 11.3 Å². The van der Waals surface area contributed by atoms with Gasteiger partial charge in [0.25, 0.3) is 5.91 Å². The van der Waals surface area contributed by atoms with Gasteiger partial charge in [0, 0.05) is 44.0 Å². The van der Waals surface area contributed by atoms with E-state index in [0.29, 0.717) is 42.7 Å². The van der Waals surface area contributed by atoms with Gasteiger partial charge in [0.15, 0.2) is 5.13 Å². The van der Waals surface area contributed by atoms with Gasteiger partial charge in [0.1, 0.15) is 17.6 Å². The number of para-hydroxylation sites is 2. The number of thiazole rings is 1. The van der Waals surface area contributed by atoms with Crippen LogP contribution in [-0.2, 0) is 4.74 Å². The van der Waals surface area contributed by atoms with Gasteiger partial charge in [-0.05, 0) is 32.9 Å². The van der Waals surface area contributed by atoms with Crippen LogP contribution in [0.1, 0.15) is 31.3 Å². The molecule has 2 aromatic heterocycles. The number of rotatable bonds is 4. The van der Waals surface area contributed by atoms with Crippen molar-refractivity contribution in [2.75, 3.05) is 36.4 Å². The minimum Gasteiger partial charge on any atom is -0.444 e. The summed E-state index contributed by atoms with van der Waals surface area (Å²) in [5.74, 6) is -0.271. The number of ether oxygens (including phenoxy) is 1. The van der Waals surface area contributed by atoms with Crippen molar-refractivity contribution in [2.45, 2.75) is 26.4 Å². The number of benzene rings is 1. The normalized spacial score (nSPS) is 14.3. The Bertz CT molecular complexity index is 1080. The Hall–Kier alpha value is -3.40. The van der Waals surface area contributed by atoms with Gasteiger partial charge in [0.2, 0.25) is 0 Å². The van der Waals surface area contributed by atoms with Gasteiger partial charge in [-0.15, -0.1) is 11.3 Å². The van der Waals surface area contributed by atoms with Crippen LogP contribution in [0.2, 0.25) is 0 Å². The average molecular weight is 455 g/mol. The first-order valence-electron chi connectivity index (χ1n) is 10.4. The molecule has 0 aliphatic carbocycles. The molecule has 168 valence electrons. The van der Waals surface area contributed by atoms with Crippen LogP contribution in [0.15, 0.2) is 48.4 Å². The number of hydrogen-bond donors (Lipinski definition) is 1. The van der Waals surface area contributed by atoms with E-state index in [1.54, 1.807) is 33.6 Å². The van der Waals surface area contributed by atoms with Crippen LogP contribution in [0.3, 0.4) is 0 Å². The standard InChI is InChI=1S/C22H26N6O3S/c1-22(2,3)31-21(30)27-12-10-26(11-13-27)18-7-5-4-6-16(18)24-19(29)17-14-32-20(25-17)28-9-8-23-15-28/h4-9,14-15H,10-13H2,1-3H3,(H,24,29). The topological polar surface area (TPSA) is 92.6 Å². The smallest absolute Gasteiger partial charge is 0.410 e. The SMILES string of the molecule is CC(C)(C)OC(=O)N1CCN(c2ccccc2NC(=O)c2csc(-n3ccnc3)n2)CC1. The van der Waals surface area contributed by atoms with E-state index < -0.39 is 5.60 Å².